The normalized spacial score (nSPS) is 10.4. The first-order chi connectivity index (χ1) is 8.60. The zero-order valence-electron chi connectivity index (χ0n) is 10.0. The Bertz CT molecular complexity index is 568. The van der Waals surface area contributed by atoms with Gasteiger partial charge < -0.3 is 11.1 Å². The fraction of sp³-hybridized carbons (Fsp3) is 0.143. The molecule has 0 saturated heterocycles. The molecule has 0 aliphatic carbocycles. The second-order valence-corrected chi connectivity index (χ2v) is 5.79. The number of aryl methyl sites for hydroxylation is 1. The Morgan fingerprint density at radius 3 is 2.44 bits per heavy atom. The first kappa shape index (κ1) is 13.4. The van der Waals surface area contributed by atoms with E-state index < -0.39 is 0 Å². The standard InChI is InChI=1S/C14H14Br2N2/c1-2-9-7-10(15)3-5-13(9)18-14-6-4-11(17)8-12(14)16/h3-8,18H,2,17H2,1H3. The quantitative estimate of drug-likeness (QED) is 0.738. The van der Waals surface area contributed by atoms with Crippen LogP contribution in [0.3, 0.4) is 0 Å². The van der Waals surface area contributed by atoms with Gasteiger partial charge in [0.05, 0.1) is 5.69 Å². The van der Waals surface area contributed by atoms with Crippen molar-refractivity contribution < 1.29 is 0 Å². The van der Waals surface area contributed by atoms with E-state index in [1.54, 1.807) is 0 Å². The molecule has 0 bridgehead atoms. The van der Waals surface area contributed by atoms with Crippen LogP contribution < -0.4 is 11.1 Å². The van der Waals surface area contributed by atoms with Gasteiger partial charge in [-0.05, 0) is 64.3 Å². The van der Waals surface area contributed by atoms with Crippen molar-refractivity contribution in [3.8, 4) is 0 Å². The summed E-state index contributed by atoms with van der Waals surface area (Å²) in [4.78, 5) is 0. The fourth-order valence-electron chi connectivity index (χ4n) is 1.75. The number of anilines is 3. The lowest BCUT2D eigenvalue weighted by Gasteiger charge is -2.13. The molecular weight excluding hydrogens is 356 g/mol. The van der Waals surface area contributed by atoms with Crippen LogP contribution in [0.4, 0.5) is 17.1 Å². The van der Waals surface area contributed by atoms with Crippen molar-refractivity contribution >= 4 is 48.9 Å². The van der Waals surface area contributed by atoms with Crippen LogP contribution in [0.1, 0.15) is 12.5 Å². The van der Waals surface area contributed by atoms with Crippen molar-refractivity contribution in [1.82, 2.24) is 0 Å². The molecule has 2 aromatic carbocycles. The molecular formula is C14H14Br2N2. The van der Waals surface area contributed by atoms with Crippen LogP contribution in [-0.2, 0) is 6.42 Å². The highest BCUT2D eigenvalue weighted by Crippen LogP contribution is 2.30. The number of benzene rings is 2. The topological polar surface area (TPSA) is 38.0 Å². The van der Waals surface area contributed by atoms with E-state index in [4.69, 9.17) is 5.73 Å². The van der Waals surface area contributed by atoms with Crippen molar-refractivity contribution in [3.05, 3.63) is 50.9 Å². The second kappa shape index (κ2) is 5.76. The summed E-state index contributed by atoms with van der Waals surface area (Å²) in [5.41, 5.74) is 9.89. The van der Waals surface area contributed by atoms with Crippen LogP contribution in [0.15, 0.2) is 45.3 Å². The molecule has 0 unspecified atom stereocenters. The Morgan fingerprint density at radius 2 is 1.78 bits per heavy atom. The average Bonchev–Trinajstić information content (AvgIpc) is 2.34. The van der Waals surface area contributed by atoms with E-state index in [0.717, 1.165) is 32.4 Å². The summed E-state index contributed by atoms with van der Waals surface area (Å²) >= 11 is 7.01. The van der Waals surface area contributed by atoms with Gasteiger partial charge in [0.2, 0.25) is 0 Å². The third-order valence-electron chi connectivity index (χ3n) is 2.71. The van der Waals surface area contributed by atoms with E-state index in [1.807, 2.05) is 24.3 Å². The summed E-state index contributed by atoms with van der Waals surface area (Å²) in [7, 11) is 0. The predicted molar refractivity (Wildman–Crippen MR) is 85.4 cm³/mol. The van der Waals surface area contributed by atoms with Crippen molar-refractivity contribution in [2.75, 3.05) is 11.1 Å². The van der Waals surface area contributed by atoms with Crippen molar-refractivity contribution in [1.29, 1.82) is 0 Å². The summed E-state index contributed by atoms with van der Waals surface area (Å²) in [5, 5.41) is 3.42. The molecule has 0 radical (unpaired) electrons. The molecule has 0 fully saturated rings. The molecule has 4 heteroatoms. The maximum atomic E-state index is 5.73. The Balaban J connectivity index is 2.33. The van der Waals surface area contributed by atoms with Gasteiger partial charge in [0, 0.05) is 20.3 Å². The molecule has 2 aromatic rings. The lowest BCUT2D eigenvalue weighted by atomic mass is 10.1. The Hall–Kier alpha value is -1.00. The van der Waals surface area contributed by atoms with E-state index in [-0.39, 0.29) is 0 Å². The number of nitrogen functional groups attached to an aromatic ring is 1. The van der Waals surface area contributed by atoms with Crippen molar-refractivity contribution in [2.24, 2.45) is 0 Å². The summed E-state index contributed by atoms with van der Waals surface area (Å²) in [6.45, 7) is 2.14. The smallest absolute Gasteiger partial charge is 0.0530 e. The summed E-state index contributed by atoms with van der Waals surface area (Å²) < 4.78 is 2.06. The molecule has 0 aliphatic rings. The van der Waals surface area contributed by atoms with Gasteiger partial charge in [-0.3, -0.25) is 0 Å². The van der Waals surface area contributed by atoms with Gasteiger partial charge in [-0.25, -0.2) is 0 Å². The highest BCUT2D eigenvalue weighted by Gasteiger charge is 2.05. The van der Waals surface area contributed by atoms with Crippen LogP contribution in [0.25, 0.3) is 0 Å². The van der Waals surface area contributed by atoms with Gasteiger partial charge in [-0.2, -0.15) is 0 Å². The highest BCUT2D eigenvalue weighted by molar-refractivity contribution is 9.10. The van der Waals surface area contributed by atoms with Crippen LogP contribution >= 0.6 is 31.9 Å². The Labute approximate surface area is 124 Å². The van der Waals surface area contributed by atoms with Gasteiger partial charge in [0.15, 0.2) is 0 Å². The number of nitrogens with one attached hydrogen (secondary N) is 1. The SMILES string of the molecule is CCc1cc(Br)ccc1Nc1ccc(N)cc1Br. The van der Waals surface area contributed by atoms with Gasteiger partial charge in [-0.1, -0.05) is 22.9 Å². The van der Waals surface area contributed by atoms with Crippen LogP contribution in [-0.4, -0.2) is 0 Å². The zero-order chi connectivity index (χ0) is 13.1. The summed E-state index contributed by atoms with van der Waals surface area (Å²) in [6.07, 6.45) is 0.981. The molecule has 18 heavy (non-hydrogen) atoms. The molecule has 0 spiro atoms. The van der Waals surface area contributed by atoms with Crippen molar-refractivity contribution in [2.45, 2.75) is 13.3 Å². The molecule has 3 N–H and O–H groups in total. The van der Waals surface area contributed by atoms with Gasteiger partial charge in [0.1, 0.15) is 0 Å². The van der Waals surface area contributed by atoms with Crippen LogP contribution in [0.5, 0.6) is 0 Å². The molecule has 0 heterocycles. The summed E-state index contributed by atoms with van der Waals surface area (Å²) in [6, 6.07) is 12.0. The number of hydrogen-bond donors (Lipinski definition) is 2. The van der Waals surface area contributed by atoms with Gasteiger partial charge in [-0.15, -0.1) is 0 Å². The first-order valence-electron chi connectivity index (χ1n) is 5.70. The Kier molecular flexibility index (Phi) is 4.30. The largest absolute Gasteiger partial charge is 0.399 e. The molecule has 0 saturated carbocycles. The maximum Gasteiger partial charge on any atom is 0.0530 e. The Morgan fingerprint density at radius 1 is 1.06 bits per heavy atom. The number of hydrogen-bond acceptors (Lipinski definition) is 2. The minimum Gasteiger partial charge on any atom is -0.399 e. The number of halogens is 2. The van der Waals surface area contributed by atoms with Gasteiger partial charge >= 0.3 is 0 Å². The predicted octanol–water partition coefficient (Wildman–Crippen LogP) is 5.10. The fourth-order valence-corrected chi connectivity index (χ4v) is 2.66. The van der Waals surface area contributed by atoms with Crippen molar-refractivity contribution in [3.63, 3.8) is 0 Å². The van der Waals surface area contributed by atoms with E-state index in [1.165, 1.54) is 5.56 Å². The molecule has 2 rings (SSSR count). The van der Waals surface area contributed by atoms with Crippen LogP contribution in [0.2, 0.25) is 0 Å². The lowest BCUT2D eigenvalue weighted by molar-refractivity contribution is 1.14. The van der Waals surface area contributed by atoms with E-state index in [2.05, 4.69) is 56.2 Å². The van der Waals surface area contributed by atoms with E-state index >= 15 is 0 Å². The monoisotopic (exact) mass is 368 g/mol. The molecule has 2 nitrogen and oxygen atoms in total. The molecule has 0 aromatic heterocycles. The maximum absolute atomic E-state index is 5.73. The third-order valence-corrected chi connectivity index (χ3v) is 3.86. The molecule has 0 aliphatic heterocycles. The van der Waals surface area contributed by atoms with E-state index in [0.29, 0.717) is 0 Å². The summed E-state index contributed by atoms with van der Waals surface area (Å²) in [5.74, 6) is 0. The van der Waals surface area contributed by atoms with Crippen LogP contribution in [0, 0.1) is 0 Å². The average molecular weight is 370 g/mol. The number of nitrogens with two attached hydrogens (primary N) is 1. The molecule has 0 amide bonds. The lowest BCUT2D eigenvalue weighted by Crippen LogP contribution is -1.97. The first-order valence-corrected chi connectivity index (χ1v) is 7.29. The third kappa shape index (κ3) is 3.06. The van der Waals surface area contributed by atoms with E-state index in [9.17, 15) is 0 Å². The highest BCUT2D eigenvalue weighted by atomic mass is 79.9. The minimum absolute atomic E-state index is 0.749. The molecule has 94 valence electrons. The van der Waals surface area contributed by atoms with Gasteiger partial charge in [0.25, 0.3) is 0 Å². The minimum atomic E-state index is 0.749. The second-order valence-electron chi connectivity index (χ2n) is 4.02. The molecule has 0 atom stereocenters. The zero-order valence-corrected chi connectivity index (χ0v) is 13.2. The number of rotatable bonds is 3.